The van der Waals surface area contributed by atoms with Crippen molar-refractivity contribution < 1.29 is 13.5 Å². The molecular formula is C22H21F2N7O. The molecule has 3 aromatic heterocycles. The van der Waals surface area contributed by atoms with Crippen LogP contribution in [0.15, 0.2) is 43.0 Å². The van der Waals surface area contributed by atoms with E-state index in [0.29, 0.717) is 36.4 Å². The molecule has 0 amide bonds. The number of morpholine rings is 1. The maximum Gasteiger partial charge on any atom is 0.254 e. The lowest BCUT2D eigenvalue weighted by molar-refractivity contribution is -0.0176. The molecule has 164 valence electrons. The highest BCUT2D eigenvalue weighted by molar-refractivity contribution is 5.67. The van der Waals surface area contributed by atoms with Gasteiger partial charge in [-0.05, 0) is 31.9 Å². The third kappa shape index (κ3) is 3.40. The molecule has 1 aliphatic carbocycles. The molecule has 0 unspecified atom stereocenters. The minimum absolute atomic E-state index is 0.0417. The van der Waals surface area contributed by atoms with E-state index in [1.54, 1.807) is 6.07 Å². The zero-order valence-corrected chi connectivity index (χ0v) is 17.4. The van der Waals surface area contributed by atoms with E-state index in [1.165, 1.54) is 35.8 Å². The number of aromatic nitrogens is 6. The zero-order chi connectivity index (χ0) is 21.8. The summed E-state index contributed by atoms with van der Waals surface area (Å²) in [6.07, 6.45) is 7.43. The third-order valence-electron chi connectivity index (χ3n) is 5.94. The van der Waals surface area contributed by atoms with Crippen LogP contribution in [0.4, 0.5) is 14.6 Å². The summed E-state index contributed by atoms with van der Waals surface area (Å²) >= 11 is 0. The first-order chi connectivity index (χ1) is 15.5. The highest BCUT2D eigenvalue weighted by atomic mass is 19.1. The van der Waals surface area contributed by atoms with Crippen molar-refractivity contribution in [3.63, 3.8) is 0 Å². The second kappa shape index (κ2) is 7.33. The topological polar surface area (TPSA) is 73.4 Å². The van der Waals surface area contributed by atoms with Gasteiger partial charge >= 0.3 is 0 Å². The predicted octanol–water partition coefficient (Wildman–Crippen LogP) is 3.57. The second-order valence-electron chi connectivity index (χ2n) is 8.42. The molecule has 1 saturated carbocycles. The lowest BCUT2D eigenvalue weighted by Crippen LogP contribution is -2.43. The second-order valence-corrected chi connectivity index (χ2v) is 8.42. The molecule has 0 bridgehead atoms. The summed E-state index contributed by atoms with van der Waals surface area (Å²) in [5.41, 5.74) is 1.72. The average molecular weight is 437 g/mol. The van der Waals surface area contributed by atoms with Crippen molar-refractivity contribution in [2.24, 2.45) is 0 Å². The van der Waals surface area contributed by atoms with Gasteiger partial charge < -0.3 is 9.64 Å². The largest absolute Gasteiger partial charge is 0.367 e. The first-order valence-corrected chi connectivity index (χ1v) is 10.7. The molecule has 1 aromatic carbocycles. The van der Waals surface area contributed by atoms with Crippen LogP contribution in [0, 0.1) is 11.6 Å². The Morgan fingerprint density at radius 3 is 2.78 bits per heavy atom. The Balaban J connectivity index is 1.37. The minimum Gasteiger partial charge on any atom is -0.367 e. The number of ether oxygens (including phenoxy) is 1. The average Bonchev–Trinajstić information content (AvgIpc) is 3.30. The van der Waals surface area contributed by atoms with Crippen molar-refractivity contribution in [2.75, 3.05) is 18.0 Å². The van der Waals surface area contributed by atoms with Gasteiger partial charge in [-0.1, -0.05) is 0 Å². The standard InChI is InChI=1S/C22H21F2N7O/c1-13-9-29(11-20(32-13)14-8-26-30(10-14)16-3-4-16)21-7-19(31-22(28-21)25-12-27-31)17-5-2-15(23)6-18(17)24/h2,5-8,10,12-13,16,20H,3-4,9,11H2,1H3/t13-,20-/m1/s1. The monoisotopic (exact) mass is 437 g/mol. The third-order valence-corrected chi connectivity index (χ3v) is 5.94. The number of benzene rings is 1. The summed E-state index contributed by atoms with van der Waals surface area (Å²) in [7, 11) is 0. The van der Waals surface area contributed by atoms with Crippen molar-refractivity contribution in [3.05, 3.63) is 60.2 Å². The van der Waals surface area contributed by atoms with E-state index >= 15 is 0 Å². The van der Waals surface area contributed by atoms with Crippen LogP contribution in [0.1, 0.15) is 37.5 Å². The molecule has 4 heterocycles. The van der Waals surface area contributed by atoms with Gasteiger partial charge in [0.05, 0.1) is 30.6 Å². The first-order valence-electron chi connectivity index (χ1n) is 10.7. The molecule has 0 N–H and O–H groups in total. The molecule has 0 radical (unpaired) electrons. The Morgan fingerprint density at radius 1 is 1.09 bits per heavy atom. The van der Waals surface area contributed by atoms with Crippen LogP contribution in [0.5, 0.6) is 0 Å². The van der Waals surface area contributed by atoms with E-state index < -0.39 is 11.6 Å². The number of anilines is 1. The smallest absolute Gasteiger partial charge is 0.254 e. The molecule has 10 heteroatoms. The summed E-state index contributed by atoms with van der Waals surface area (Å²) in [6, 6.07) is 5.77. The Kier molecular flexibility index (Phi) is 4.42. The Hall–Kier alpha value is -3.40. The quantitative estimate of drug-likeness (QED) is 0.486. The molecule has 1 saturated heterocycles. The summed E-state index contributed by atoms with van der Waals surface area (Å²) in [4.78, 5) is 11.0. The maximum absolute atomic E-state index is 14.6. The molecule has 6 rings (SSSR count). The molecule has 2 atom stereocenters. The molecule has 32 heavy (non-hydrogen) atoms. The summed E-state index contributed by atoms with van der Waals surface area (Å²) in [5, 5.41) is 8.67. The minimum atomic E-state index is -0.667. The number of halogens is 2. The number of rotatable bonds is 4. The van der Waals surface area contributed by atoms with Crippen molar-refractivity contribution >= 4 is 11.6 Å². The number of hydrogen-bond acceptors (Lipinski definition) is 6. The molecule has 1 aliphatic heterocycles. The van der Waals surface area contributed by atoms with E-state index in [0.717, 1.165) is 11.6 Å². The molecule has 2 fully saturated rings. The van der Waals surface area contributed by atoms with Crippen LogP contribution in [0.2, 0.25) is 0 Å². The van der Waals surface area contributed by atoms with Crippen LogP contribution >= 0.6 is 0 Å². The van der Waals surface area contributed by atoms with Crippen molar-refractivity contribution in [1.82, 2.24) is 29.4 Å². The van der Waals surface area contributed by atoms with Gasteiger partial charge in [-0.3, -0.25) is 4.68 Å². The van der Waals surface area contributed by atoms with Gasteiger partial charge in [0.25, 0.3) is 5.78 Å². The van der Waals surface area contributed by atoms with Gasteiger partial charge in [0.1, 0.15) is 29.9 Å². The van der Waals surface area contributed by atoms with Gasteiger partial charge in [0, 0.05) is 36.0 Å². The maximum atomic E-state index is 14.6. The molecule has 8 nitrogen and oxygen atoms in total. The van der Waals surface area contributed by atoms with Gasteiger partial charge in [-0.15, -0.1) is 0 Å². The van der Waals surface area contributed by atoms with E-state index in [9.17, 15) is 8.78 Å². The normalized spacial score (nSPS) is 21.4. The van der Waals surface area contributed by atoms with Crippen LogP contribution in [0.3, 0.4) is 0 Å². The van der Waals surface area contributed by atoms with Crippen molar-refractivity contribution in [1.29, 1.82) is 0 Å². The molecule has 0 spiro atoms. The van der Waals surface area contributed by atoms with Gasteiger partial charge in [-0.2, -0.15) is 24.7 Å². The molecule has 4 aromatic rings. The van der Waals surface area contributed by atoms with Gasteiger partial charge in [0.15, 0.2) is 0 Å². The highest BCUT2D eigenvalue weighted by Crippen LogP contribution is 2.36. The van der Waals surface area contributed by atoms with Crippen LogP contribution in [-0.2, 0) is 4.74 Å². The van der Waals surface area contributed by atoms with E-state index in [4.69, 9.17) is 4.74 Å². The van der Waals surface area contributed by atoms with Gasteiger partial charge in [0.2, 0.25) is 0 Å². The lowest BCUT2D eigenvalue weighted by atomic mass is 10.1. The van der Waals surface area contributed by atoms with Crippen LogP contribution in [0.25, 0.3) is 17.0 Å². The highest BCUT2D eigenvalue weighted by Gasteiger charge is 2.31. The lowest BCUT2D eigenvalue weighted by Gasteiger charge is -2.37. The zero-order valence-electron chi connectivity index (χ0n) is 17.4. The fraction of sp³-hybridized carbons (Fsp3) is 0.364. The number of fused-ring (bicyclic) bond motifs is 1. The van der Waals surface area contributed by atoms with E-state index in [-0.39, 0.29) is 17.8 Å². The SMILES string of the molecule is C[C@@H]1CN(c2cc(-c3ccc(F)cc3F)n3ncnc3n2)C[C@H](c2cnn(C3CC3)c2)O1. The van der Waals surface area contributed by atoms with Crippen LogP contribution < -0.4 is 4.90 Å². The predicted molar refractivity (Wildman–Crippen MR) is 112 cm³/mol. The Labute approximate surface area is 182 Å². The summed E-state index contributed by atoms with van der Waals surface area (Å²) in [6.45, 7) is 3.21. The number of hydrogen-bond donors (Lipinski definition) is 0. The first kappa shape index (κ1) is 19.3. The molecule has 2 aliphatic rings. The van der Waals surface area contributed by atoms with E-state index in [1.807, 2.05) is 17.8 Å². The fourth-order valence-electron chi connectivity index (χ4n) is 4.23. The fourth-order valence-corrected chi connectivity index (χ4v) is 4.23. The summed E-state index contributed by atoms with van der Waals surface area (Å²) in [5.74, 6) is -0.316. The van der Waals surface area contributed by atoms with Gasteiger partial charge in [-0.25, -0.2) is 8.78 Å². The van der Waals surface area contributed by atoms with Crippen LogP contribution in [-0.4, -0.2) is 48.6 Å². The number of nitrogens with zero attached hydrogens (tertiary/aromatic N) is 7. The molecular weight excluding hydrogens is 416 g/mol. The summed E-state index contributed by atoms with van der Waals surface area (Å²) < 4.78 is 37.7. The Morgan fingerprint density at radius 2 is 1.97 bits per heavy atom. The Bertz CT molecular complexity index is 1300. The van der Waals surface area contributed by atoms with E-state index in [2.05, 4.69) is 31.3 Å². The van der Waals surface area contributed by atoms with Crippen molar-refractivity contribution in [2.45, 2.75) is 38.0 Å². The van der Waals surface area contributed by atoms with Crippen molar-refractivity contribution in [3.8, 4) is 11.3 Å².